The van der Waals surface area contributed by atoms with Gasteiger partial charge >= 0.3 is 5.97 Å². The standard InChI is InChI=1S/C27H40O4/c1-25(2,3)17-12-21(29-9)23(22(13-17)30-10)18-11-16(15-31-24(28)26(4,5)6)19-14-20(18)27(19,7)8/h11-13,18-20H,14-15H2,1-10H3/t18-,19+,20-/m1/s1. The molecule has 3 aliphatic carbocycles. The average Bonchev–Trinajstić information content (AvgIpc) is 2.68. The Morgan fingerprint density at radius 2 is 1.58 bits per heavy atom. The maximum atomic E-state index is 12.4. The van der Waals surface area contributed by atoms with E-state index in [2.05, 4.69) is 52.8 Å². The van der Waals surface area contributed by atoms with Gasteiger partial charge in [0.05, 0.1) is 19.6 Å². The van der Waals surface area contributed by atoms with Crippen LogP contribution in [-0.4, -0.2) is 26.8 Å². The first-order chi connectivity index (χ1) is 14.2. The number of hydrogen-bond donors (Lipinski definition) is 0. The summed E-state index contributed by atoms with van der Waals surface area (Å²) in [5.41, 5.74) is 3.15. The summed E-state index contributed by atoms with van der Waals surface area (Å²) in [6.07, 6.45) is 3.42. The minimum Gasteiger partial charge on any atom is -0.496 e. The van der Waals surface area contributed by atoms with Crippen LogP contribution in [0.5, 0.6) is 11.5 Å². The molecule has 0 amide bonds. The largest absolute Gasteiger partial charge is 0.496 e. The van der Waals surface area contributed by atoms with E-state index in [4.69, 9.17) is 14.2 Å². The number of allylic oxidation sites excluding steroid dienone is 1. The Morgan fingerprint density at radius 1 is 1.03 bits per heavy atom. The van der Waals surface area contributed by atoms with Crippen molar-refractivity contribution in [3.05, 3.63) is 34.9 Å². The maximum absolute atomic E-state index is 12.4. The average molecular weight is 429 g/mol. The summed E-state index contributed by atoms with van der Waals surface area (Å²) in [4.78, 5) is 12.4. The monoisotopic (exact) mass is 428 g/mol. The van der Waals surface area contributed by atoms with Gasteiger partial charge in [-0.05, 0) is 73.1 Å². The molecule has 0 aliphatic heterocycles. The summed E-state index contributed by atoms with van der Waals surface area (Å²) in [7, 11) is 3.47. The quantitative estimate of drug-likeness (QED) is 0.409. The van der Waals surface area contributed by atoms with Crippen LogP contribution >= 0.6 is 0 Å². The van der Waals surface area contributed by atoms with Gasteiger partial charge in [0.25, 0.3) is 0 Å². The molecule has 172 valence electrons. The van der Waals surface area contributed by atoms with E-state index < -0.39 is 5.41 Å². The van der Waals surface area contributed by atoms with Crippen molar-refractivity contribution in [2.45, 2.75) is 73.1 Å². The molecule has 0 N–H and O–H groups in total. The topological polar surface area (TPSA) is 44.8 Å². The fraction of sp³-hybridized carbons (Fsp3) is 0.667. The second-order valence-electron chi connectivity index (χ2n) is 11.9. The summed E-state index contributed by atoms with van der Waals surface area (Å²) in [5, 5.41) is 0. The van der Waals surface area contributed by atoms with Gasteiger partial charge in [-0.15, -0.1) is 0 Å². The summed E-state index contributed by atoms with van der Waals surface area (Å²) in [6.45, 7) is 17.3. The van der Waals surface area contributed by atoms with Crippen LogP contribution in [0.1, 0.15) is 78.9 Å². The van der Waals surface area contributed by atoms with E-state index in [0.717, 1.165) is 23.5 Å². The van der Waals surface area contributed by atoms with Crippen molar-refractivity contribution in [2.24, 2.45) is 22.7 Å². The highest BCUT2D eigenvalue weighted by Crippen LogP contribution is 2.65. The second kappa shape index (κ2) is 7.86. The number of methoxy groups -OCH3 is 2. The molecule has 1 aromatic carbocycles. The summed E-state index contributed by atoms with van der Waals surface area (Å²) in [5.74, 6) is 2.71. The summed E-state index contributed by atoms with van der Waals surface area (Å²) < 4.78 is 17.5. The first kappa shape index (κ1) is 23.7. The molecule has 1 saturated carbocycles. The van der Waals surface area contributed by atoms with Crippen molar-refractivity contribution in [3.8, 4) is 11.5 Å². The minimum absolute atomic E-state index is 0.00531. The number of carbonyl (C=O) groups excluding carboxylic acids is 1. The zero-order valence-electron chi connectivity index (χ0n) is 21.0. The third kappa shape index (κ3) is 4.23. The van der Waals surface area contributed by atoms with Gasteiger partial charge in [0, 0.05) is 11.5 Å². The fourth-order valence-corrected chi connectivity index (χ4v) is 5.16. The van der Waals surface area contributed by atoms with Gasteiger partial charge < -0.3 is 14.2 Å². The molecule has 4 nitrogen and oxygen atoms in total. The zero-order valence-corrected chi connectivity index (χ0v) is 21.0. The van der Waals surface area contributed by atoms with E-state index in [1.807, 2.05) is 20.8 Å². The molecule has 1 fully saturated rings. The van der Waals surface area contributed by atoms with E-state index in [1.165, 1.54) is 11.1 Å². The number of carbonyl (C=O) groups is 1. The number of ether oxygens (including phenoxy) is 3. The lowest BCUT2D eigenvalue weighted by atomic mass is 9.45. The minimum atomic E-state index is -0.498. The normalized spacial score (nSPS) is 24.7. The van der Waals surface area contributed by atoms with Gasteiger partial charge in [0.1, 0.15) is 18.1 Å². The predicted octanol–water partition coefficient (Wildman–Crippen LogP) is 6.28. The molecule has 0 heterocycles. The zero-order chi connectivity index (χ0) is 23.4. The van der Waals surface area contributed by atoms with Gasteiger partial charge in [-0.1, -0.05) is 40.7 Å². The highest BCUT2D eigenvalue weighted by atomic mass is 16.5. The van der Waals surface area contributed by atoms with Crippen LogP contribution in [0.2, 0.25) is 0 Å². The van der Waals surface area contributed by atoms with E-state index in [1.54, 1.807) is 14.2 Å². The number of fused-ring (bicyclic) bond motifs is 1. The SMILES string of the molecule is COc1cc(C(C)(C)C)cc(OC)c1[C@@H]1C=C(COC(=O)C(C)(C)C)[C@@H]2C[C@H]1C2(C)C. The lowest BCUT2D eigenvalue weighted by Gasteiger charge is -2.59. The molecule has 0 unspecified atom stereocenters. The van der Waals surface area contributed by atoms with Crippen molar-refractivity contribution in [2.75, 3.05) is 20.8 Å². The highest BCUT2D eigenvalue weighted by molar-refractivity contribution is 5.75. The molecule has 2 bridgehead atoms. The van der Waals surface area contributed by atoms with Crippen molar-refractivity contribution in [3.63, 3.8) is 0 Å². The lowest BCUT2D eigenvalue weighted by molar-refractivity contribution is -0.152. The van der Waals surface area contributed by atoms with E-state index >= 15 is 0 Å². The van der Waals surface area contributed by atoms with Crippen molar-refractivity contribution in [1.29, 1.82) is 0 Å². The molecule has 0 saturated heterocycles. The maximum Gasteiger partial charge on any atom is 0.311 e. The van der Waals surface area contributed by atoms with E-state index in [0.29, 0.717) is 18.4 Å². The van der Waals surface area contributed by atoms with Gasteiger partial charge in [0.15, 0.2) is 0 Å². The first-order valence-electron chi connectivity index (χ1n) is 11.4. The van der Waals surface area contributed by atoms with Crippen molar-refractivity contribution >= 4 is 5.97 Å². The van der Waals surface area contributed by atoms with Gasteiger partial charge in [0.2, 0.25) is 0 Å². The molecule has 4 heteroatoms. The van der Waals surface area contributed by atoms with Gasteiger partial charge in [-0.3, -0.25) is 4.79 Å². The molecule has 0 radical (unpaired) electrons. The Hall–Kier alpha value is -1.97. The summed E-state index contributed by atoms with van der Waals surface area (Å²) in [6, 6.07) is 4.31. The van der Waals surface area contributed by atoms with Crippen LogP contribution in [0.25, 0.3) is 0 Å². The molecule has 0 aromatic heterocycles. The third-order valence-electron chi connectivity index (χ3n) is 7.34. The smallest absolute Gasteiger partial charge is 0.311 e. The van der Waals surface area contributed by atoms with Crippen LogP contribution in [0.4, 0.5) is 0 Å². The molecule has 3 atom stereocenters. The highest BCUT2D eigenvalue weighted by Gasteiger charge is 2.56. The van der Waals surface area contributed by atoms with Crippen LogP contribution in [-0.2, 0) is 14.9 Å². The molecule has 3 aliphatic rings. The Morgan fingerprint density at radius 3 is 2.00 bits per heavy atom. The van der Waals surface area contributed by atoms with E-state index in [-0.39, 0.29) is 22.7 Å². The van der Waals surface area contributed by atoms with Crippen molar-refractivity contribution in [1.82, 2.24) is 0 Å². The Labute approximate surface area is 188 Å². The second-order valence-corrected chi connectivity index (χ2v) is 11.9. The Kier molecular flexibility index (Phi) is 6.01. The van der Waals surface area contributed by atoms with Gasteiger partial charge in [-0.25, -0.2) is 0 Å². The van der Waals surface area contributed by atoms with Crippen LogP contribution in [0.3, 0.4) is 0 Å². The van der Waals surface area contributed by atoms with Crippen LogP contribution in [0.15, 0.2) is 23.8 Å². The lowest BCUT2D eigenvalue weighted by Crippen LogP contribution is -2.52. The first-order valence-corrected chi connectivity index (χ1v) is 11.4. The predicted molar refractivity (Wildman–Crippen MR) is 125 cm³/mol. The number of esters is 1. The molecule has 1 aromatic rings. The molecular formula is C27H40O4. The molecule has 0 spiro atoms. The molecule has 4 rings (SSSR count). The van der Waals surface area contributed by atoms with Crippen molar-refractivity contribution < 1.29 is 19.0 Å². The number of benzene rings is 1. The Bertz CT molecular complexity index is 854. The van der Waals surface area contributed by atoms with Gasteiger partial charge in [-0.2, -0.15) is 0 Å². The number of hydrogen-bond acceptors (Lipinski definition) is 4. The number of rotatable bonds is 5. The molecular weight excluding hydrogens is 388 g/mol. The summed E-state index contributed by atoms with van der Waals surface area (Å²) >= 11 is 0. The van der Waals surface area contributed by atoms with E-state index in [9.17, 15) is 4.79 Å². The fourth-order valence-electron chi connectivity index (χ4n) is 5.16. The van der Waals surface area contributed by atoms with Crippen LogP contribution < -0.4 is 9.47 Å². The Balaban J connectivity index is 2.04. The molecule has 31 heavy (non-hydrogen) atoms. The third-order valence-corrected chi connectivity index (χ3v) is 7.34. The van der Waals surface area contributed by atoms with Crippen LogP contribution in [0, 0.1) is 22.7 Å².